The largest absolute Gasteiger partial charge is 0.305 e. The normalized spacial score (nSPS) is 10.0. The first-order valence-electron chi connectivity index (χ1n) is 4.71. The van der Waals surface area contributed by atoms with Crippen molar-refractivity contribution in [1.82, 2.24) is 10.2 Å². The summed E-state index contributed by atoms with van der Waals surface area (Å²) >= 11 is 3.12. The average molecular weight is 296 g/mol. The predicted molar refractivity (Wildman–Crippen MR) is 64.1 cm³/mol. The number of carbonyl (C=O) groups excluding carboxylic acids is 1. The molecular formula is C11H7BrFN3O. The highest BCUT2D eigenvalue weighted by atomic mass is 79.9. The molecule has 0 aliphatic heterocycles. The SMILES string of the molecule is O=C(Nc1cccnn1)c1ccc(F)cc1Br. The number of carbonyl (C=O) groups is 1. The molecular weight excluding hydrogens is 289 g/mol. The fraction of sp³-hybridized carbons (Fsp3) is 0. The lowest BCUT2D eigenvalue weighted by atomic mass is 10.2. The highest BCUT2D eigenvalue weighted by Gasteiger charge is 2.11. The van der Waals surface area contributed by atoms with Gasteiger partial charge in [0.15, 0.2) is 5.82 Å². The molecule has 17 heavy (non-hydrogen) atoms. The summed E-state index contributed by atoms with van der Waals surface area (Å²) in [6.07, 6.45) is 1.50. The van der Waals surface area contributed by atoms with Gasteiger partial charge in [-0.15, -0.1) is 5.10 Å². The number of halogens is 2. The van der Waals surface area contributed by atoms with Crippen LogP contribution in [0.2, 0.25) is 0 Å². The molecule has 2 rings (SSSR count). The Morgan fingerprint density at radius 2 is 2.18 bits per heavy atom. The first-order valence-corrected chi connectivity index (χ1v) is 5.50. The third kappa shape index (κ3) is 2.85. The molecule has 0 fully saturated rings. The topological polar surface area (TPSA) is 54.9 Å². The minimum absolute atomic E-state index is 0.331. The standard InChI is InChI=1S/C11H7BrFN3O/c12-9-6-7(13)3-4-8(9)11(17)15-10-2-1-5-14-16-10/h1-6H,(H,15,16,17). The molecule has 1 amide bonds. The highest BCUT2D eigenvalue weighted by molar-refractivity contribution is 9.10. The summed E-state index contributed by atoms with van der Waals surface area (Å²) in [7, 11) is 0. The molecule has 6 heteroatoms. The molecule has 0 aliphatic rings. The summed E-state index contributed by atoms with van der Waals surface area (Å²) < 4.78 is 13.2. The smallest absolute Gasteiger partial charge is 0.258 e. The van der Waals surface area contributed by atoms with Gasteiger partial charge in [0.25, 0.3) is 5.91 Å². The van der Waals surface area contributed by atoms with E-state index in [-0.39, 0.29) is 5.91 Å². The molecule has 0 bridgehead atoms. The van der Waals surface area contributed by atoms with Crippen molar-refractivity contribution in [3.63, 3.8) is 0 Å². The summed E-state index contributed by atoms with van der Waals surface area (Å²) in [5, 5.41) is 9.91. The predicted octanol–water partition coefficient (Wildman–Crippen LogP) is 2.63. The molecule has 0 unspecified atom stereocenters. The minimum Gasteiger partial charge on any atom is -0.305 e. The maximum Gasteiger partial charge on any atom is 0.258 e. The molecule has 86 valence electrons. The van der Waals surface area contributed by atoms with Gasteiger partial charge in [-0.05, 0) is 46.3 Å². The minimum atomic E-state index is -0.409. The Bertz CT molecular complexity index is 548. The molecule has 1 N–H and O–H groups in total. The van der Waals surface area contributed by atoms with Crippen LogP contribution in [0, 0.1) is 5.82 Å². The number of hydrogen-bond acceptors (Lipinski definition) is 3. The highest BCUT2D eigenvalue weighted by Crippen LogP contribution is 2.18. The molecule has 1 heterocycles. The van der Waals surface area contributed by atoms with E-state index >= 15 is 0 Å². The van der Waals surface area contributed by atoms with Crippen LogP contribution in [-0.2, 0) is 0 Å². The molecule has 1 aromatic carbocycles. The Morgan fingerprint density at radius 1 is 1.35 bits per heavy atom. The van der Waals surface area contributed by atoms with Gasteiger partial charge in [0, 0.05) is 10.7 Å². The summed E-state index contributed by atoms with van der Waals surface area (Å²) in [4.78, 5) is 11.8. The maximum absolute atomic E-state index is 12.9. The zero-order valence-electron chi connectivity index (χ0n) is 8.52. The van der Waals surface area contributed by atoms with Gasteiger partial charge in [-0.25, -0.2) is 4.39 Å². The Labute approximate surface area is 105 Å². The fourth-order valence-corrected chi connectivity index (χ4v) is 1.76. The van der Waals surface area contributed by atoms with Crippen molar-refractivity contribution in [2.75, 3.05) is 5.32 Å². The molecule has 2 aromatic rings. The number of aromatic nitrogens is 2. The van der Waals surface area contributed by atoms with E-state index in [4.69, 9.17) is 0 Å². The summed E-state index contributed by atoms with van der Waals surface area (Å²) in [6.45, 7) is 0. The lowest BCUT2D eigenvalue weighted by Gasteiger charge is -2.05. The maximum atomic E-state index is 12.9. The van der Waals surface area contributed by atoms with E-state index in [1.807, 2.05) is 0 Å². The molecule has 0 atom stereocenters. The van der Waals surface area contributed by atoms with Crippen LogP contribution in [0.1, 0.15) is 10.4 Å². The first kappa shape index (κ1) is 11.7. The number of benzene rings is 1. The number of nitrogens with one attached hydrogen (secondary N) is 1. The van der Waals surface area contributed by atoms with E-state index in [9.17, 15) is 9.18 Å². The van der Waals surface area contributed by atoms with E-state index in [0.29, 0.717) is 15.9 Å². The monoisotopic (exact) mass is 295 g/mol. The molecule has 1 aromatic heterocycles. The van der Waals surface area contributed by atoms with Crippen LogP contribution in [0.5, 0.6) is 0 Å². The summed E-state index contributed by atoms with van der Waals surface area (Å²) in [5.74, 6) is -0.445. The van der Waals surface area contributed by atoms with E-state index in [0.717, 1.165) is 0 Å². The van der Waals surface area contributed by atoms with Gasteiger partial charge in [0.1, 0.15) is 5.82 Å². The van der Waals surface area contributed by atoms with Gasteiger partial charge in [0.05, 0.1) is 5.56 Å². The number of nitrogens with zero attached hydrogens (tertiary/aromatic N) is 2. The zero-order chi connectivity index (χ0) is 12.3. The van der Waals surface area contributed by atoms with Crippen molar-refractivity contribution in [3.8, 4) is 0 Å². The van der Waals surface area contributed by atoms with Crippen LogP contribution in [0.3, 0.4) is 0 Å². The van der Waals surface area contributed by atoms with Crippen molar-refractivity contribution in [2.24, 2.45) is 0 Å². The molecule has 0 radical (unpaired) electrons. The third-order valence-corrected chi connectivity index (χ3v) is 2.65. The third-order valence-electron chi connectivity index (χ3n) is 1.99. The zero-order valence-corrected chi connectivity index (χ0v) is 10.1. The van der Waals surface area contributed by atoms with Crippen LogP contribution in [0.25, 0.3) is 0 Å². The van der Waals surface area contributed by atoms with Gasteiger partial charge in [-0.2, -0.15) is 5.10 Å². The number of amides is 1. The second-order valence-electron chi connectivity index (χ2n) is 3.19. The fourth-order valence-electron chi connectivity index (χ4n) is 1.23. The van der Waals surface area contributed by atoms with Crippen LogP contribution < -0.4 is 5.32 Å². The van der Waals surface area contributed by atoms with Gasteiger partial charge < -0.3 is 5.32 Å². The van der Waals surface area contributed by atoms with E-state index in [2.05, 4.69) is 31.4 Å². The molecule has 4 nitrogen and oxygen atoms in total. The van der Waals surface area contributed by atoms with E-state index in [1.165, 1.54) is 24.4 Å². The van der Waals surface area contributed by atoms with E-state index in [1.54, 1.807) is 12.1 Å². The summed E-state index contributed by atoms with van der Waals surface area (Å²) in [6, 6.07) is 7.11. The van der Waals surface area contributed by atoms with Crippen molar-refractivity contribution in [1.29, 1.82) is 0 Å². The first-order chi connectivity index (χ1) is 8.16. The van der Waals surface area contributed by atoms with E-state index < -0.39 is 5.82 Å². The Hall–Kier alpha value is -1.82. The lowest BCUT2D eigenvalue weighted by Crippen LogP contribution is -2.13. The van der Waals surface area contributed by atoms with Crippen LogP contribution in [0.15, 0.2) is 41.0 Å². The van der Waals surface area contributed by atoms with Crippen LogP contribution >= 0.6 is 15.9 Å². The molecule has 0 aliphatic carbocycles. The molecule has 0 saturated heterocycles. The lowest BCUT2D eigenvalue weighted by molar-refractivity contribution is 0.102. The van der Waals surface area contributed by atoms with Gasteiger partial charge >= 0.3 is 0 Å². The van der Waals surface area contributed by atoms with Crippen molar-refractivity contribution < 1.29 is 9.18 Å². The van der Waals surface area contributed by atoms with Crippen LogP contribution in [-0.4, -0.2) is 16.1 Å². The number of anilines is 1. The Balaban J connectivity index is 2.21. The van der Waals surface area contributed by atoms with Crippen molar-refractivity contribution in [3.05, 3.63) is 52.4 Å². The van der Waals surface area contributed by atoms with Gasteiger partial charge in [-0.3, -0.25) is 4.79 Å². The van der Waals surface area contributed by atoms with Crippen molar-refractivity contribution in [2.45, 2.75) is 0 Å². The second-order valence-corrected chi connectivity index (χ2v) is 4.04. The number of rotatable bonds is 2. The number of hydrogen-bond donors (Lipinski definition) is 1. The average Bonchev–Trinajstić information content (AvgIpc) is 2.30. The molecule has 0 saturated carbocycles. The second kappa shape index (κ2) is 5.01. The Morgan fingerprint density at radius 3 is 2.82 bits per heavy atom. The van der Waals surface area contributed by atoms with Crippen LogP contribution in [0.4, 0.5) is 10.2 Å². The molecule has 0 spiro atoms. The summed E-state index contributed by atoms with van der Waals surface area (Å²) in [5.41, 5.74) is 0.331. The van der Waals surface area contributed by atoms with Crippen molar-refractivity contribution >= 4 is 27.7 Å². The van der Waals surface area contributed by atoms with Gasteiger partial charge in [-0.1, -0.05) is 0 Å². The Kier molecular flexibility index (Phi) is 3.43. The quantitative estimate of drug-likeness (QED) is 0.927. The van der Waals surface area contributed by atoms with Gasteiger partial charge in [0.2, 0.25) is 0 Å².